The summed E-state index contributed by atoms with van der Waals surface area (Å²) in [7, 11) is 0. The van der Waals surface area contributed by atoms with Crippen molar-refractivity contribution in [3.63, 3.8) is 0 Å². The Labute approximate surface area is 159 Å². The van der Waals surface area contributed by atoms with Gasteiger partial charge in [0.25, 0.3) is 0 Å². The van der Waals surface area contributed by atoms with Gasteiger partial charge in [-0.05, 0) is 25.5 Å². The smallest absolute Gasteiger partial charge is 0.194 e. The molecule has 7 heteroatoms. The number of nitrogens with zero attached hydrogens (tertiary/aromatic N) is 4. The zero-order valence-corrected chi connectivity index (χ0v) is 16.2. The molecule has 0 spiro atoms. The topological polar surface area (TPSA) is 56.9 Å². The number of aryl methyl sites for hydroxylation is 1. The normalized spacial score (nSPS) is 15.4. The van der Waals surface area contributed by atoms with E-state index in [2.05, 4.69) is 40.2 Å². The summed E-state index contributed by atoms with van der Waals surface area (Å²) in [5.74, 6) is 1.72. The standard InChI is InChI=1S/C19H26ClN5O/c1-3-15-13-16(26-23-15)14-22-19(21-4-2)25-11-9-24(10-12-25)18-8-6-5-7-17(18)20/h5-8,13H,3-4,9-12,14H2,1-2H3,(H,21,22). The minimum Gasteiger partial charge on any atom is -0.367 e. The van der Waals surface area contributed by atoms with Crippen LogP contribution in [0.3, 0.4) is 0 Å². The van der Waals surface area contributed by atoms with E-state index in [0.717, 1.165) is 67.3 Å². The van der Waals surface area contributed by atoms with Crippen LogP contribution in [0.25, 0.3) is 0 Å². The SMILES string of the molecule is CCNC(=NCc1cc(CC)no1)N1CCN(c2ccccc2Cl)CC1. The molecule has 1 N–H and O–H groups in total. The average Bonchev–Trinajstić information content (AvgIpc) is 3.14. The fourth-order valence-electron chi connectivity index (χ4n) is 3.04. The summed E-state index contributed by atoms with van der Waals surface area (Å²) in [5, 5.41) is 8.21. The lowest BCUT2D eigenvalue weighted by Gasteiger charge is -2.38. The van der Waals surface area contributed by atoms with Gasteiger partial charge in [0.2, 0.25) is 0 Å². The van der Waals surface area contributed by atoms with Gasteiger partial charge in [0, 0.05) is 38.8 Å². The molecule has 1 saturated heterocycles. The molecular weight excluding hydrogens is 350 g/mol. The molecule has 3 rings (SSSR count). The largest absolute Gasteiger partial charge is 0.367 e. The second-order valence-corrected chi connectivity index (χ2v) is 6.64. The number of para-hydroxylation sites is 1. The molecule has 0 amide bonds. The van der Waals surface area contributed by atoms with E-state index in [0.29, 0.717) is 6.54 Å². The van der Waals surface area contributed by atoms with E-state index >= 15 is 0 Å². The van der Waals surface area contributed by atoms with Gasteiger partial charge in [0.15, 0.2) is 11.7 Å². The van der Waals surface area contributed by atoms with Crippen molar-refractivity contribution in [2.75, 3.05) is 37.6 Å². The molecule has 0 aliphatic carbocycles. The Morgan fingerprint density at radius 2 is 2.00 bits per heavy atom. The minimum absolute atomic E-state index is 0.500. The van der Waals surface area contributed by atoms with Crippen molar-refractivity contribution in [2.24, 2.45) is 4.99 Å². The summed E-state index contributed by atoms with van der Waals surface area (Å²) in [6.07, 6.45) is 0.872. The summed E-state index contributed by atoms with van der Waals surface area (Å²) in [4.78, 5) is 9.33. The van der Waals surface area contributed by atoms with E-state index < -0.39 is 0 Å². The van der Waals surface area contributed by atoms with Gasteiger partial charge >= 0.3 is 0 Å². The van der Waals surface area contributed by atoms with Crippen molar-refractivity contribution in [2.45, 2.75) is 26.8 Å². The first kappa shape index (κ1) is 18.6. The number of hydrogen-bond donors (Lipinski definition) is 1. The summed E-state index contributed by atoms with van der Waals surface area (Å²) in [6, 6.07) is 9.98. The number of benzene rings is 1. The summed E-state index contributed by atoms with van der Waals surface area (Å²) in [5.41, 5.74) is 2.07. The van der Waals surface area contributed by atoms with Crippen LogP contribution in [0.2, 0.25) is 5.02 Å². The number of aromatic nitrogens is 1. The Kier molecular flexibility index (Phi) is 6.39. The highest BCUT2D eigenvalue weighted by molar-refractivity contribution is 6.33. The zero-order chi connectivity index (χ0) is 18.4. The molecule has 6 nitrogen and oxygen atoms in total. The third-order valence-corrected chi connectivity index (χ3v) is 4.78. The van der Waals surface area contributed by atoms with Crippen LogP contribution in [0.1, 0.15) is 25.3 Å². The molecule has 0 radical (unpaired) electrons. The number of halogens is 1. The monoisotopic (exact) mass is 375 g/mol. The van der Waals surface area contributed by atoms with Crippen molar-refractivity contribution in [1.29, 1.82) is 0 Å². The van der Waals surface area contributed by atoms with Gasteiger partial charge in [-0.3, -0.25) is 0 Å². The molecular formula is C19H26ClN5O. The van der Waals surface area contributed by atoms with Crippen LogP contribution in [0.4, 0.5) is 5.69 Å². The zero-order valence-electron chi connectivity index (χ0n) is 15.4. The maximum atomic E-state index is 6.33. The number of aliphatic imine (C=N–C) groups is 1. The highest BCUT2D eigenvalue weighted by Gasteiger charge is 2.21. The minimum atomic E-state index is 0.500. The van der Waals surface area contributed by atoms with E-state index in [4.69, 9.17) is 21.1 Å². The number of anilines is 1. The van der Waals surface area contributed by atoms with Crippen LogP contribution in [0.5, 0.6) is 0 Å². The van der Waals surface area contributed by atoms with Crippen molar-refractivity contribution < 1.29 is 4.52 Å². The second kappa shape index (κ2) is 8.94. The maximum Gasteiger partial charge on any atom is 0.194 e. The Hall–Kier alpha value is -2.21. The van der Waals surface area contributed by atoms with Crippen LogP contribution < -0.4 is 10.2 Å². The first-order valence-corrected chi connectivity index (χ1v) is 9.56. The molecule has 0 saturated carbocycles. The predicted octanol–water partition coefficient (Wildman–Crippen LogP) is 3.18. The molecule has 1 aliphatic heterocycles. The van der Waals surface area contributed by atoms with E-state index in [1.54, 1.807) is 0 Å². The molecule has 1 aromatic carbocycles. The Balaban J connectivity index is 1.62. The number of rotatable bonds is 5. The van der Waals surface area contributed by atoms with Crippen LogP contribution >= 0.6 is 11.6 Å². The first-order chi connectivity index (χ1) is 12.7. The molecule has 140 valence electrons. The molecule has 2 heterocycles. The predicted molar refractivity (Wildman–Crippen MR) is 106 cm³/mol. The van der Waals surface area contributed by atoms with Gasteiger partial charge in [0.05, 0.1) is 16.4 Å². The average molecular weight is 376 g/mol. The van der Waals surface area contributed by atoms with Crippen LogP contribution in [-0.2, 0) is 13.0 Å². The lowest BCUT2D eigenvalue weighted by atomic mass is 10.2. The van der Waals surface area contributed by atoms with Crippen molar-refractivity contribution in [1.82, 2.24) is 15.4 Å². The van der Waals surface area contributed by atoms with Gasteiger partial charge in [-0.15, -0.1) is 0 Å². The molecule has 1 aromatic heterocycles. The highest BCUT2D eigenvalue weighted by atomic mass is 35.5. The molecule has 0 atom stereocenters. The molecule has 2 aromatic rings. The van der Waals surface area contributed by atoms with E-state index in [1.165, 1.54) is 0 Å². The van der Waals surface area contributed by atoms with Gasteiger partial charge in [-0.2, -0.15) is 0 Å². The lowest BCUT2D eigenvalue weighted by Crippen LogP contribution is -2.52. The number of nitrogens with one attached hydrogen (secondary N) is 1. The molecule has 1 fully saturated rings. The summed E-state index contributed by atoms with van der Waals surface area (Å²) >= 11 is 6.33. The number of piperazine rings is 1. The van der Waals surface area contributed by atoms with Crippen molar-refractivity contribution in [3.05, 3.63) is 46.8 Å². The Morgan fingerprint density at radius 1 is 1.23 bits per heavy atom. The molecule has 1 aliphatic rings. The highest BCUT2D eigenvalue weighted by Crippen LogP contribution is 2.26. The lowest BCUT2D eigenvalue weighted by molar-refractivity contribution is 0.365. The summed E-state index contributed by atoms with van der Waals surface area (Å²) < 4.78 is 5.33. The fourth-order valence-corrected chi connectivity index (χ4v) is 3.30. The maximum absolute atomic E-state index is 6.33. The number of hydrogen-bond acceptors (Lipinski definition) is 4. The molecule has 0 unspecified atom stereocenters. The third-order valence-electron chi connectivity index (χ3n) is 4.46. The van der Waals surface area contributed by atoms with E-state index in [1.807, 2.05) is 24.3 Å². The molecule has 26 heavy (non-hydrogen) atoms. The Bertz CT molecular complexity index is 737. The van der Waals surface area contributed by atoms with Crippen LogP contribution in [0.15, 0.2) is 39.8 Å². The van der Waals surface area contributed by atoms with Gasteiger partial charge in [-0.1, -0.05) is 35.8 Å². The quantitative estimate of drug-likeness (QED) is 0.642. The second-order valence-electron chi connectivity index (χ2n) is 6.23. The summed E-state index contributed by atoms with van der Waals surface area (Å²) in [6.45, 7) is 9.10. The van der Waals surface area contributed by atoms with Crippen molar-refractivity contribution >= 4 is 23.2 Å². The fraction of sp³-hybridized carbons (Fsp3) is 0.474. The van der Waals surface area contributed by atoms with Crippen LogP contribution in [-0.4, -0.2) is 48.7 Å². The van der Waals surface area contributed by atoms with Gasteiger partial charge in [-0.25, -0.2) is 4.99 Å². The van der Waals surface area contributed by atoms with E-state index in [-0.39, 0.29) is 0 Å². The van der Waals surface area contributed by atoms with E-state index in [9.17, 15) is 0 Å². The molecule has 0 bridgehead atoms. The van der Waals surface area contributed by atoms with Crippen molar-refractivity contribution in [3.8, 4) is 0 Å². The van der Waals surface area contributed by atoms with Gasteiger partial charge in [0.1, 0.15) is 6.54 Å². The first-order valence-electron chi connectivity index (χ1n) is 9.18. The van der Waals surface area contributed by atoms with Gasteiger partial charge < -0.3 is 19.6 Å². The number of guanidine groups is 1. The Morgan fingerprint density at radius 3 is 2.65 bits per heavy atom. The van der Waals surface area contributed by atoms with Crippen LogP contribution in [0, 0.1) is 0 Å². The third kappa shape index (κ3) is 4.49.